The molecule has 0 fully saturated rings. The van der Waals surface area contributed by atoms with Gasteiger partial charge in [0.1, 0.15) is 12.1 Å². The molecule has 7 N–H and O–H groups in total. The summed E-state index contributed by atoms with van der Waals surface area (Å²) in [6.45, 7) is 2.45. The normalized spacial score (nSPS) is 13.8. The maximum Gasteiger partial charge on any atom is 0.326 e. The molecule has 1 aromatic carbocycles. The molecule has 0 aliphatic carbocycles. The maximum absolute atomic E-state index is 12.2. The van der Waals surface area contributed by atoms with E-state index in [0.29, 0.717) is 0 Å². The number of nitrogens with one attached hydrogen (secondary N) is 3. The van der Waals surface area contributed by atoms with E-state index >= 15 is 0 Å². The summed E-state index contributed by atoms with van der Waals surface area (Å²) < 4.78 is 0. The molecule has 166 valence electrons. The minimum Gasteiger partial charge on any atom is -0.480 e. The van der Waals surface area contributed by atoms with Crippen molar-refractivity contribution in [3.63, 3.8) is 0 Å². The predicted molar refractivity (Wildman–Crippen MR) is 109 cm³/mol. The van der Waals surface area contributed by atoms with Gasteiger partial charge in [-0.1, -0.05) is 44.2 Å². The number of nitrogens with two attached hydrogens (primary N) is 1. The summed E-state index contributed by atoms with van der Waals surface area (Å²) in [6.07, 6.45) is 0.491. The van der Waals surface area contributed by atoms with Crippen molar-refractivity contribution < 1.29 is 29.4 Å². The molecule has 3 atom stereocenters. The Morgan fingerprint density at radius 1 is 1.00 bits per heavy atom. The lowest BCUT2D eigenvalue weighted by Gasteiger charge is -2.20. The van der Waals surface area contributed by atoms with E-state index in [9.17, 15) is 24.3 Å². The second kappa shape index (κ2) is 12.6. The van der Waals surface area contributed by atoms with Crippen LogP contribution in [0.5, 0.6) is 0 Å². The van der Waals surface area contributed by atoms with Crippen molar-refractivity contribution in [2.24, 2.45) is 11.7 Å². The van der Waals surface area contributed by atoms with Crippen LogP contribution in [0, 0.1) is 5.92 Å². The molecule has 0 heterocycles. The van der Waals surface area contributed by atoms with Crippen molar-refractivity contribution in [2.75, 3.05) is 13.2 Å². The second-order valence-corrected chi connectivity index (χ2v) is 7.35. The Bertz CT molecular complexity index is 725. The van der Waals surface area contributed by atoms with E-state index in [1.54, 1.807) is 0 Å². The highest BCUT2D eigenvalue weighted by molar-refractivity contribution is 5.92. The van der Waals surface area contributed by atoms with Gasteiger partial charge < -0.3 is 31.9 Å². The number of hydrogen-bond acceptors (Lipinski definition) is 6. The summed E-state index contributed by atoms with van der Waals surface area (Å²) in [4.78, 5) is 47.5. The summed E-state index contributed by atoms with van der Waals surface area (Å²) in [5, 5.41) is 25.5. The molecule has 3 unspecified atom stereocenters. The molecule has 0 aliphatic heterocycles. The molecule has 0 aliphatic rings. The highest BCUT2D eigenvalue weighted by Gasteiger charge is 2.25. The predicted octanol–water partition coefficient (Wildman–Crippen LogP) is -1.23. The van der Waals surface area contributed by atoms with E-state index in [2.05, 4.69) is 16.0 Å². The van der Waals surface area contributed by atoms with Crippen molar-refractivity contribution in [1.82, 2.24) is 16.0 Å². The Hall–Kier alpha value is -2.98. The fourth-order valence-electron chi connectivity index (χ4n) is 2.66. The zero-order chi connectivity index (χ0) is 22.7. The van der Waals surface area contributed by atoms with E-state index < -0.39 is 55.0 Å². The SMILES string of the molecule is CC(C)CC(NC(=O)CNC(=O)C(CO)NC(=O)C(N)Cc1ccccc1)C(=O)O. The topological polar surface area (TPSA) is 171 Å². The van der Waals surface area contributed by atoms with Gasteiger partial charge in [-0.15, -0.1) is 0 Å². The van der Waals surface area contributed by atoms with Crippen LogP contribution in [0.25, 0.3) is 0 Å². The van der Waals surface area contributed by atoms with Crippen LogP contribution in [-0.4, -0.2) is 65.2 Å². The smallest absolute Gasteiger partial charge is 0.326 e. The molecule has 0 saturated heterocycles. The molecule has 0 spiro atoms. The quantitative estimate of drug-likeness (QED) is 0.245. The van der Waals surface area contributed by atoms with Crippen molar-refractivity contribution in [2.45, 2.75) is 44.8 Å². The minimum atomic E-state index is -1.29. The molecule has 30 heavy (non-hydrogen) atoms. The number of aliphatic hydroxyl groups is 1. The van der Waals surface area contributed by atoms with Crippen LogP contribution < -0.4 is 21.7 Å². The summed E-state index contributed by atoms with van der Waals surface area (Å²) in [7, 11) is 0. The van der Waals surface area contributed by atoms with E-state index in [-0.39, 0.29) is 18.8 Å². The molecule has 0 saturated carbocycles. The molecule has 0 aromatic heterocycles. The van der Waals surface area contributed by atoms with E-state index in [1.165, 1.54) is 0 Å². The number of hydrogen-bond donors (Lipinski definition) is 6. The molecular formula is C20H30N4O6. The number of benzene rings is 1. The van der Waals surface area contributed by atoms with Crippen LogP contribution in [-0.2, 0) is 25.6 Å². The first kappa shape index (κ1) is 25.1. The van der Waals surface area contributed by atoms with Crippen LogP contribution in [0.15, 0.2) is 30.3 Å². The van der Waals surface area contributed by atoms with Crippen molar-refractivity contribution in [3.05, 3.63) is 35.9 Å². The van der Waals surface area contributed by atoms with Gasteiger partial charge in [-0.05, 0) is 24.3 Å². The van der Waals surface area contributed by atoms with Gasteiger partial charge in [0.05, 0.1) is 19.2 Å². The van der Waals surface area contributed by atoms with Gasteiger partial charge in [0.25, 0.3) is 0 Å². The Morgan fingerprint density at radius 3 is 2.17 bits per heavy atom. The number of carboxylic acids is 1. The van der Waals surface area contributed by atoms with Crippen LogP contribution in [0.4, 0.5) is 0 Å². The van der Waals surface area contributed by atoms with Gasteiger partial charge >= 0.3 is 5.97 Å². The van der Waals surface area contributed by atoms with Gasteiger partial charge in [0, 0.05) is 0 Å². The average Bonchev–Trinajstić information content (AvgIpc) is 2.69. The fourth-order valence-corrected chi connectivity index (χ4v) is 2.66. The number of carbonyl (C=O) groups is 4. The number of carboxylic acid groups (broad SMARTS) is 1. The van der Waals surface area contributed by atoms with E-state index in [4.69, 9.17) is 10.8 Å². The number of aliphatic carboxylic acids is 1. The number of rotatable bonds is 12. The van der Waals surface area contributed by atoms with Crippen molar-refractivity contribution >= 4 is 23.7 Å². The lowest BCUT2D eigenvalue weighted by atomic mass is 10.0. The van der Waals surface area contributed by atoms with Gasteiger partial charge in [-0.2, -0.15) is 0 Å². The first-order chi connectivity index (χ1) is 14.1. The number of carbonyl (C=O) groups excluding carboxylic acids is 3. The molecular weight excluding hydrogens is 392 g/mol. The average molecular weight is 422 g/mol. The van der Waals surface area contributed by atoms with Gasteiger partial charge in [-0.3, -0.25) is 14.4 Å². The summed E-state index contributed by atoms with van der Waals surface area (Å²) >= 11 is 0. The molecule has 0 radical (unpaired) electrons. The lowest BCUT2D eigenvalue weighted by molar-refractivity contribution is -0.142. The third-order valence-electron chi connectivity index (χ3n) is 4.21. The van der Waals surface area contributed by atoms with Crippen LogP contribution in [0.2, 0.25) is 0 Å². The van der Waals surface area contributed by atoms with Crippen molar-refractivity contribution in [3.8, 4) is 0 Å². The summed E-state index contributed by atoms with van der Waals surface area (Å²) in [5.41, 5.74) is 6.70. The highest BCUT2D eigenvalue weighted by atomic mass is 16.4. The molecule has 3 amide bonds. The molecule has 1 aromatic rings. The number of amides is 3. The third-order valence-corrected chi connectivity index (χ3v) is 4.21. The van der Waals surface area contributed by atoms with Crippen molar-refractivity contribution in [1.29, 1.82) is 0 Å². The molecule has 10 nitrogen and oxygen atoms in total. The summed E-state index contributed by atoms with van der Waals surface area (Å²) in [6, 6.07) is 5.79. The Morgan fingerprint density at radius 2 is 1.63 bits per heavy atom. The third kappa shape index (κ3) is 9.01. The van der Waals surface area contributed by atoms with Crippen LogP contribution >= 0.6 is 0 Å². The maximum atomic E-state index is 12.2. The van der Waals surface area contributed by atoms with E-state index in [1.807, 2.05) is 44.2 Å². The first-order valence-electron chi connectivity index (χ1n) is 9.64. The van der Waals surface area contributed by atoms with Gasteiger partial charge in [0.15, 0.2) is 0 Å². The van der Waals surface area contributed by atoms with Crippen LogP contribution in [0.1, 0.15) is 25.8 Å². The second-order valence-electron chi connectivity index (χ2n) is 7.35. The molecule has 1 rings (SSSR count). The zero-order valence-electron chi connectivity index (χ0n) is 17.1. The van der Waals surface area contributed by atoms with E-state index in [0.717, 1.165) is 5.56 Å². The van der Waals surface area contributed by atoms with Gasteiger partial charge in [0.2, 0.25) is 17.7 Å². The molecule has 0 bridgehead atoms. The Balaban J connectivity index is 2.52. The minimum absolute atomic E-state index is 0.0510. The monoisotopic (exact) mass is 422 g/mol. The Labute approximate surface area is 175 Å². The fraction of sp³-hybridized carbons (Fsp3) is 0.500. The standard InChI is InChI=1S/C20H30N4O6/c1-12(2)8-15(20(29)30)23-17(26)10-22-19(28)16(11-25)24-18(27)14(21)9-13-6-4-3-5-7-13/h3-7,12,14-16,25H,8-11,21H2,1-2H3,(H,22,28)(H,23,26)(H,24,27)(H,29,30). The lowest BCUT2D eigenvalue weighted by Crippen LogP contribution is -2.55. The summed E-state index contributed by atoms with van der Waals surface area (Å²) in [5.74, 6) is -3.23. The largest absolute Gasteiger partial charge is 0.480 e. The first-order valence-corrected chi connectivity index (χ1v) is 9.64. The highest BCUT2D eigenvalue weighted by Crippen LogP contribution is 2.05. The van der Waals surface area contributed by atoms with Crippen LogP contribution in [0.3, 0.4) is 0 Å². The Kier molecular flexibility index (Phi) is 10.5. The molecule has 10 heteroatoms. The van der Waals surface area contributed by atoms with Gasteiger partial charge in [-0.25, -0.2) is 4.79 Å². The number of aliphatic hydroxyl groups excluding tert-OH is 1. The zero-order valence-corrected chi connectivity index (χ0v) is 17.1.